The van der Waals surface area contributed by atoms with Crippen LogP contribution in [-0.4, -0.2) is 48.8 Å². The van der Waals surface area contributed by atoms with Crippen LogP contribution < -0.4 is 0 Å². The maximum atomic E-state index is 13.2. The summed E-state index contributed by atoms with van der Waals surface area (Å²) in [5.74, 6) is 0.0200. The van der Waals surface area contributed by atoms with Crippen molar-refractivity contribution in [1.82, 2.24) is 9.88 Å². The van der Waals surface area contributed by atoms with E-state index < -0.39 is 9.84 Å². The number of rotatable bonds is 3. The fourth-order valence-corrected chi connectivity index (χ4v) is 5.80. The zero-order valence-electron chi connectivity index (χ0n) is 14.3. The van der Waals surface area contributed by atoms with Crippen LogP contribution in [0.25, 0.3) is 21.5 Å². The highest BCUT2D eigenvalue weighted by Gasteiger charge is 2.33. The number of carbonyl (C=O) groups is 1. The maximum absolute atomic E-state index is 13.2. The van der Waals surface area contributed by atoms with Crippen molar-refractivity contribution in [2.75, 3.05) is 18.6 Å². The molecular weight excluding hydrogens is 368 g/mol. The molecule has 3 heterocycles. The first-order valence-corrected chi connectivity index (χ1v) is 11.1. The standard InChI is InChI=1S/C19H18N2O3S2/c1-21(13-8-10-26(23,24)12-13)19(22)15-11-17(18-7-4-9-25-18)20-16-6-3-2-5-14(15)16/h2-7,9,11,13H,8,10,12H2,1H3. The summed E-state index contributed by atoms with van der Waals surface area (Å²) in [4.78, 5) is 20.4. The number of hydrogen-bond acceptors (Lipinski definition) is 5. The first-order valence-electron chi connectivity index (χ1n) is 8.36. The molecule has 26 heavy (non-hydrogen) atoms. The molecule has 1 saturated heterocycles. The number of nitrogens with zero attached hydrogens (tertiary/aromatic N) is 2. The Hall–Kier alpha value is -2.25. The lowest BCUT2D eigenvalue weighted by molar-refractivity contribution is 0.0749. The van der Waals surface area contributed by atoms with Crippen molar-refractivity contribution < 1.29 is 13.2 Å². The number of para-hydroxylation sites is 1. The summed E-state index contributed by atoms with van der Waals surface area (Å²) >= 11 is 1.57. The van der Waals surface area contributed by atoms with Crippen LogP contribution in [0.15, 0.2) is 47.8 Å². The van der Waals surface area contributed by atoms with Crippen LogP contribution in [0.3, 0.4) is 0 Å². The lowest BCUT2D eigenvalue weighted by Gasteiger charge is -2.24. The number of fused-ring (bicyclic) bond motifs is 1. The van der Waals surface area contributed by atoms with Gasteiger partial charge in [0, 0.05) is 18.5 Å². The third-order valence-corrected chi connectivity index (χ3v) is 7.44. The van der Waals surface area contributed by atoms with Crippen molar-refractivity contribution in [1.29, 1.82) is 0 Å². The molecule has 7 heteroatoms. The molecule has 4 rings (SSSR count). The molecule has 0 aliphatic carbocycles. The van der Waals surface area contributed by atoms with Gasteiger partial charge in [0.2, 0.25) is 0 Å². The Morgan fingerprint density at radius 2 is 2.04 bits per heavy atom. The van der Waals surface area contributed by atoms with E-state index in [0.29, 0.717) is 12.0 Å². The van der Waals surface area contributed by atoms with Gasteiger partial charge in [-0.15, -0.1) is 11.3 Å². The molecule has 0 spiro atoms. The normalized spacial score (nSPS) is 18.9. The summed E-state index contributed by atoms with van der Waals surface area (Å²) in [6.45, 7) is 0. The molecule has 0 N–H and O–H groups in total. The van der Waals surface area contributed by atoms with E-state index in [1.807, 2.05) is 47.8 Å². The minimum absolute atomic E-state index is 0.0377. The Morgan fingerprint density at radius 1 is 1.23 bits per heavy atom. The largest absolute Gasteiger partial charge is 0.338 e. The van der Waals surface area contributed by atoms with Crippen LogP contribution >= 0.6 is 11.3 Å². The topological polar surface area (TPSA) is 67.3 Å². The van der Waals surface area contributed by atoms with Crippen molar-refractivity contribution in [3.8, 4) is 10.6 Å². The molecule has 0 radical (unpaired) electrons. The summed E-state index contributed by atoms with van der Waals surface area (Å²) in [7, 11) is -1.36. The van der Waals surface area contributed by atoms with Crippen molar-refractivity contribution in [2.24, 2.45) is 0 Å². The molecule has 1 unspecified atom stereocenters. The predicted molar refractivity (Wildman–Crippen MR) is 104 cm³/mol. The van der Waals surface area contributed by atoms with E-state index in [4.69, 9.17) is 0 Å². The molecule has 1 amide bonds. The number of aromatic nitrogens is 1. The molecule has 3 aromatic rings. The third-order valence-electron chi connectivity index (χ3n) is 4.80. The molecule has 1 fully saturated rings. The molecule has 1 aliphatic rings. The van der Waals surface area contributed by atoms with E-state index in [9.17, 15) is 13.2 Å². The van der Waals surface area contributed by atoms with Crippen LogP contribution in [0.5, 0.6) is 0 Å². The van der Waals surface area contributed by atoms with Crippen LogP contribution in [0.4, 0.5) is 0 Å². The van der Waals surface area contributed by atoms with Crippen LogP contribution in [0, 0.1) is 0 Å². The van der Waals surface area contributed by atoms with Gasteiger partial charge in [-0.3, -0.25) is 4.79 Å². The van der Waals surface area contributed by atoms with E-state index in [-0.39, 0.29) is 23.5 Å². The number of carbonyl (C=O) groups excluding carboxylic acids is 1. The van der Waals surface area contributed by atoms with Gasteiger partial charge < -0.3 is 4.90 Å². The summed E-state index contributed by atoms with van der Waals surface area (Å²) in [5, 5.41) is 2.76. The van der Waals surface area contributed by atoms with Crippen LogP contribution in [-0.2, 0) is 9.84 Å². The molecule has 1 aliphatic heterocycles. The van der Waals surface area contributed by atoms with Gasteiger partial charge in [-0.1, -0.05) is 24.3 Å². The highest BCUT2D eigenvalue weighted by Crippen LogP contribution is 2.29. The highest BCUT2D eigenvalue weighted by atomic mass is 32.2. The molecular formula is C19H18N2O3S2. The number of sulfone groups is 1. The number of amides is 1. The minimum atomic E-state index is -3.05. The summed E-state index contributed by atoms with van der Waals surface area (Å²) in [5.41, 5.74) is 2.08. The minimum Gasteiger partial charge on any atom is -0.338 e. The van der Waals surface area contributed by atoms with Gasteiger partial charge in [0.05, 0.1) is 33.2 Å². The van der Waals surface area contributed by atoms with Crippen molar-refractivity contribution in [3.05, 3.63) is 53.4 Å². The second kappa shape index (κ2) is 6.48. The van der Waals surface area contributed by atoms with Crippen molar-refractivity contribution in [3.63, 3.8) is 0 Å². The predicted octanol–water partition coefficient (Wildman–Crippen LogP) is 3.22. The van der Waals surface area contributed by atoms with Gasteiger partial charge in [-0.25, -0.2) is 13.4 Å². The molecule has 1 aromatic carbocycles. The fourth-order valence-electron chi connectivity index (χ4n) is 3.34. The molecule has 2 aromatic heterocycles. The van der Waals surface area contributed by atoms with Crippen molar-refractivity contribution in [2.45, 2.75) is 12.5 Å². The number of thiophene rings is 1. The smallest absolute Gasteiger partial charge is 0.254 e. The fraction of sp³-hybridized carbons (Fsp3) is 0.263. The molecule has 0 bridgehead atoms. The van der Waals surface area contributed by atoms with Crippen molar-refractivity contribution >= 4 is 38.0 Å². The quantitative estimate of drug-likeness (QED) is 0.693. The summed E-state index contributed by atoms with van der Waals surface area (Å²) < 4.78 is 23.6. The molecule has 5 nitrogen and oxygen atoms in total. The van der Waals surface area contributed by atoms with Gasteiger partial charge >= 0.3 is 0 Å². The summed E-state index contributed by atoms with van der Waals surface area (Å²) in [6.07, 6.45) is 0.491. The van der Waals surface area contributed by atoms with Gasteiger partial charge in [-0.2, -0.15) is 0 Å². The first-order chi connectivity index (χ1) is 12.4. The Bertz CT molecular complexity index is 1080. The van der Waals surface area contributed by atoms with E-state index >= 15 is 0 Å². The summed E-state index contributed by atoms with van der Waals surface area (Å²) in [6, 6.07) is 13.0. The Labute approximate surface area is 156 Å². The molecule has 134 valence electrons. The second-order valence-corrected chi connectivity index (χ2v) is 9.70. The van der Waals surface area contributed by atoms with Crippen LogP contribution in [0.1, 0.15) is 16.8 Å². The number of benzene rings is 1. The average Bonchev–Trinajstić information content (AvgIpc) is 3.29. The van der Waals surface area contributed by atoms with E-state index in [0.717, 1.165) is 21.5 Å². The highest BCUT2D eigenvalue weighted by molar-refractivity contribution is 7.91. The van der Waals surface area contributed by atoms with E-state index in [1.165, 1.54) is 0 Å². The SMILES string of the molecule is CN(C(=O)c1cc(-c2cccs2)nc2ccccc12)C1CCS(=O)(=O)C1. The molecule has 0 saturated carbocycles. The lowest BCUT2D eigenvalue weighted by atomic mass is 10.0. The van der Waals surface area contributed by atoms with Crippen LogP contribution in [0.2, 0.25) is 0 Å². The monoisotopic (exact) mass is 386 g/mol. The Balaban J connectivity index is 1.78. The zero-order valence-corrected chi connectivity index (χ0v) is 15.9. The van der Waals surface area contributed by atoms with Gasteiger partial charge in [0.1, 0.15) is 0 Å². The van der Waals surface area contributed by atoms with E-state index in [2.05, 4.69) is 4.98 Å². The van der Waals surface area contributed by atoms with Gasteiger partial charge in [0.25, 0.3) is 5.91 Å². The average molecular weight is 386 g/mol. The molecule has 1 atom stereocenters. The Morgan fingerprint density at radius 3 is 2.73 bits per heavy atom. The second-order valence-electron chi connectivity index (χ2n) is 6.52. The van der Waals surface area contributed by atoms with Gasteiger partial charge in [0.15, 0.2) is 9.84 Å². The maximum Gasteiger partial charge on any atom is 0.254 e. The van der Waals surface area contributed by atoms with E-state index in [1.54, 1.807) is 23.3 Å². The third kappa shape index (κ3) is 3.12. The number of pyridine rings is 1. The van der Waals surface area contributed by atoms with Gasteiger partial charge in [-0.05, 0) is 30.0 Å². The number of hydrogen-bond donors (Lipinski definition) is 0. The lowest BCUT2D eigenvalue weighted by Crippen LogP contribution is -2.38. The first kappa shape index (κ1) is 17.2. The Kier molecular flexibility index (Phi) is 4.28. The zero-order chi connectivity index (χ0) is 18.3.